The van der Waals surface area contributed by atoms with Crippen molar-refractivity contribution in [1.82, 2.24) is 0 Å². The Bertz CT molecular complexity index is 1110. The van der Waals surface area contributed by atoms with Gasteiger partial charge >= 0.3 is 5.97 Å². The summed E-state index contributed by atoms with van der Waals surface area (Å²) in [6.07, 6.45) is 9.42. The van der Waals surface area contributed by atoms with Crippen LogP contribution >= 0.6 is 0 Å². The van der Waals surface area contributed by atoms with Crippen LogP contribution in [0.15, 0.2) is 59.0 Å². The molecule has 5 atom stereocenters. The van der Waals surface area contributed by atoms with Crippen LogP contribution in [0, 0.1) is 11.8 Å². The number of hydrogen-bond donors (Lipinski definition) is 1. The second-order valence-corrected chi connectivity index (χ2v) is 12.9. The zero-order valence-corrected chi connectivity index (χ0v) is 24.6. The van der Waals surface area contributed by atoms with E-state index in [2.05, 4.69) is 39.2 Å². The SMILES string of the molecule is C=C1CCC(OC(=O)CC2CCC([NH3+])CC2)C(OC)C1[C@@]1(C)O[C@@H]1CC=C(C)C.O=S(=O)([O-])c1ccccc1. The molecule has 0 spiro atoms. The van der Waals surface area contributed by atoms with E-state index in [1.54, 1.807) is 13.2 Å². The van der Waals surface area contributed by atoms with Gasteiger partial charge in [0, 0.05) is 19.4 Å². The molecule has 218 valence electrons. The van der Waals surface area contributed by atoms with Crippen molar-refractivity contribution in [3.63, 3.8) is 0 Å². The number of allylic oxidation sites excluding steroid dienone is 1. The van der Waals surface area contributed by atoms with Crippen molar-refractivity contribution in [3.8, 4) is 0 Å². The number of carbonyl (C=O) groups excluding carboxylic acids is 1. The van der Waals surface area contributed by atoms with Gasteiger partial charge in [-0.3, -0.25) is 4.79 Å². The Morgan fingerprint density at radius 1 is 1.18 bits per heavy atom. The summed E-state index contributed by atoms with van der Waals surface area (Å²) >= 11 is 0. The van der Waals surface area contributed by atoms with Gasteiger partial charge in [-0.1, -0.05) is 42.0 Å². The van der Waals surface area contributed by atoms with E-state index in [4.69, 9.17) is 14.2 Å². The molecule has 3 fully saturated rings. The standard InChI is InChI=1S/C24H39NO4.C6H6O3S/c1-15(2)6-13-20-24(4,29-20)22-16(3)7-12-19(23(22)27-5)28-21(26)14-17-8-10-18(25)11-9-17;7-10(8,9)6-4-2-1-3-5-6/h6,17-20,22-23H,3,7-14,25H2,1-2,4-5H3;1-5H,(H,7,8,9)/t17?,18?,19?,20-,22?,23?,24+;/m1./s1. The third-order valence-electron chi connectivity index (χ3n) is 8.23. The second kappa shape index (κ2) is 13.5. The quantitative estimate of drug-likeness (QED) is 0.217. The average Bonchev–Trinajstić information content (AvgIpc) is 3.55. The van der Waals surface area contributed by atoms with Crippen molar-refractivity contribution in [2.75, 3.05) is 7.11 Å². The molecule has 0 amide bonds. The van der Waals surface area contributed by atoms with Crippen LogP contribution in [0.25, 0.3) is 0 Å². The number of esters is 1. The maximum absolute atomic E-state index is 12.7. The first kappa shape index (κ1) is 31.5. The molecule has 3 N–H and O–H groups in total. The molecule has 4 rings (SSSR count). The van der Waals surface area contributed by atoms with Crippen LogP contribution in [-0.4, -0.2) is 56.0 Å². The Hall–Kier alpha value is -2.04. The van der Waals surface area contributed by atoms with Gasteiger partial charge in [-0.2, -0.15) is 0 Å². The maximum Gasteiger partial charge on any atom is 0.306 e. The van der Waals surface area contributed by atoms with Crippen molar-refractivity contribution in [3.05, 3.63) is 54.1 Å². The summed E-state index contributed by atoms with van der Waals surface area (Å²) < 4.78 is 48.8. The van der Waals surface area contributed by atoms with Gasteiger partial charge in [0.25, 0.3) is 0 Å². The number of ether oxygens (including phenoxy) is 3. The van der Waals surface area contributed by atoms with Gasteiger partial charge < -0.3 is 24.5 Å². The van der Waals surface area contributed by atoms with Gasteiger partial charge in [0.1, 0.15) is 27.9 Å². The third kappa shape index (κ3) is 8.72. The van der Waals surface area contributed by atoms with Gasteiger partial charge in [-0.25, -0.2) is 8.42 Å². The highest BCUT2D eigenvalue weighted by atomic mass is 32.2. The molecule has 3 unspecified atom stereocenters. The number of epoxide rings is 1. The molecule has 9 heteroatoms. The lowest BCUT2D eigenvalue weighted by Crippen LogP contribution is -2.61. The molecule has 2 saturated carbocycles. The molecule has 2 aliphatic carbocycles. The van der Waals surface area contributed by atoms with Crippen molar-refractivity contribution in [1.29, 1.82) is 0 Å². The summed E-state index contributed by atoms with van der Waals surface area (Å²) in [5.74, 6) is 0.406. The Kier molecular flexibility index (Phi) is 10.9. The molecular formula is C30H45NO7S. The van der Waals surface area contributed by atoms with E-state index in [9.17, 15) is 17.8 Å². The number of rotatable bonds is 8. The lowest BCUT2D eigenvalue weighted by Gasteiger charge is -2.40. The monoisotopic (exact) mass is 563 g/mol. The summed E-state index contributed by atoms with van der Waals surface area (Å²) in [5.41, 5.74) is 6.30. The predicted octanol–water partition coefficient (Wildman–Crippen LogP) is 4.17. The minimum atomic E-state index is -4.25. The number of methoxy groups -OCH3 is 1. The predicted molar refractivity (Wildman–Crippen MR) is 148 cm³/mol. The molecule has 0 bridgehead atoms. The fraction of sp³-hybridized carbons (Fsp3) is 0.633. The number of benzene rings is 1. The first-order chi connectivity index (χ1) is 18.3. The molecule has 8 nitrogen and oxygen atoms in total. The third-order valence-corrected chi connectivity index (χ3v) is 9.08. The lowest BCUT2D eigenvalue weighted by atomic mass is 9.72. The summed E-state index contributed by atoms with van der Waals surface area (Å²) in [6.45, 7) is 10.7. The van der Waals surface area contributed by atoms with Crippen LogP contribution in [0.2, 0.25) is 0 Å². The van der Waals surface area contributed by atoms with Crippen molar-refractivity contribution >= 4 is 16.1 Å². The molecule has 0 radical (unpaired) electrons. The molecule has 1 aliphatic heterocycles. The van der Waals surface area contributed by atoms with Crippen LogP contribution < -0.4 is 5.73 Å². The topological polar surface area (TPSA) is 133 Å². The zero-order chi connectivity index (χ0) is 28.8. The number of quaternary nitrogens is 1. The smallest absolute Gasteiger partial charge is 0.306 e. The Labute approximate surface area is 233 Å². The van der Waals surface area contributed by atoms with Gasteiger partial charge in [0.2, 0.25) is 0 Å². The summed E-state index contributed by atoms with van der Waals surface area (Å²) in [6, 6.07) is 7.73. The Morgan fingerprint density at radius 2 is 1.82 bits per heavy atom. The van der Waals surface area contributed by atoms with Crippen molar-refractivity contribution in [2.24, 2.45) is 11.8 Å². The number of hydrogen-bond acceptors (Lipinski definition) is 7. The van der Waals surface area contributed by atoms with Gasteiger partial charge in [0.15, 0.2) is 0 Å². The molecule has 39 heavy (non-hydrogen) atoms. The van der Waals surface area contributed by atoms with Crippen LogP contribution in [0.5, 0.6) is 0 Å². The maximum atomic E-state index is 12.7. The summed E-state index contributed by atoms with van der Waals surface area (Å²) in [5, 5.41) is 0. The average molecular weight is 564 g/mol. The van der Waals surface area contributed by atoms with Crippen molar-refractivity contribution < 1.29 is 37.7 Å². The van der Waals surface area contributed by atoms with Crippen molar-refractivity contribution in [2.45, 2.75) is 107 Å². The highest BCUT2D eigenvalue weighted by molar-refractivity contribution is 7.85. The Morgan fingerprint density at radius 3 is 2.36 bits per heavy atom. The normalized spacial score (nSPS) is 32.4. The van der Waals surface area contributed by atoms with E-state index in [0.29, 0.717) is 18.4 Å². The molecule has 1 aromatic rings. The number of carbonyl (C=O) groups is 1. The zero-order valence-electron chi connectivity index (χ0n) is 23.8. The van der Waals surface area contributed by atoms with E-state index in [-0.39, 0.29) is 40.7 Å². The molecule has 1 aromatic carbocycles. The minimum Gasteiger partial charge on any atom is -0.744 e. The van der Waals surface area contributed by atoms with E-state index in [1.807, 2.05) is 0 Å². The molecular weight excluding hydrogens is 518 g/mol. The minimum absolute atomic E-state index is 0.0521. The summed E-state index contributed by atoms with van der Waals surface area (Å²) in [4.78, 5) is 12.5. The van der Waals surface area contributed by atoms with Gasteiger partial charge in [0.05, 0.1) is 17.0 Å². The fourth-order valence-electron chi connectivity index (χ4n) is 5.89. The highest BCUT2D eigenvalue weighted by Gasteiger charge is 2.61. The van der Waals surface area contributed by atoms with E-state index in [1.165, 1.54) is 29.8 Å². The van der Waals surface area contributed by atoms with E-state index >= 15 is 0 Å². The Balaban J connectivity index is 0.000000353. The first-order valence-corrected chi connectivity index (χ1v) is 15.3. The van der Waals surface area contributed by atoms with Crippen LogP contribution in [-0.2, 0) is 29.1 Å². The van der Waals surface area contributed by atoms with Crippen LogP contribution in [0.1, 0.15) is 72.1 Å². The molecule has 3 aliphatic rings. The second-order valence-electron chi connectivity index (χ2n) is 11.6. The first-order valence-electron chi connectivity index (χ1n) is 13.9. The fourth-order valence-corrected chi connectivity index (χ4v) is 6.38. The molecule has 1 heterocycles. The van der Waals surface area contributed by atoms with Crippen LogP contribution in [0.4, 0.5) is 0 Å². The molecule has 0 aromatic heterocycles. The van der Waals surface area contributed by atoms with E-state index in [0.717, 1.165) is 50.5 Å². The highest BCUT2D eigenvalue weighted by Crippen LogP contribution is 2.52. The lowest BCUT2D eigenvalue weighted by molar-refractivity contribution is -0.426. The van der Waals surface area contributed by atoms with Crippen LogP contribution in [0.3, 0.4) is 0 Å². The largest absolute Gasteiger partial charge is 0.744 e. The molecule has 1 saturated heterocycles. The van der Waals surface area contributed by atoms with E-state index < -0.39 is 10.1 Å². The summed E-state index contributed by atoms with van der Waals surface area (Å²) in [7, 11) is -2.54. The van der Waals surface area contributed by atoms with Gasteiger partial charge in [-0.15, -0.1) is 0 Å². The van der Waals surface area contributed by atoms with Gasteiger partial charge in [-0.05, 0) is 83.8 Å².